The number of sulfonamides is 1. The van der Waals surface area contributed by atoms with Crippen LogP contribution in [0.2, 0.25) is 0 Å². The highest BCUT2D eigenvalue weighted by atomic mass is 32.2. The largest absolute Gasteiger partial charge is 0.313 e. The van der Waals surface area contributed by atoms with Crippen LogP contribution in [-0.4, -0.2) is 24.9 Å². The molecule has 1 atom stereocenters. The normalized spacial score (nSPS) is 13.2. The Balaban J connectivity index is 2.08. The summed E-state index contributed by atoms with van der Waals surface area (Å²) in [4.78, 5) is 8.13. The van der Waals surface area contributed by atoms with Crippen molar-refractivity contribution in [3.8, 4) is 0 Å². The first-order chi connectivity index (χ1) is 10.0. The molecule has 21 heavy (non-hydrogen) atoms. The number of thiazole rings is 1. The van der Waals surface area contributed by atoms with Crippen molar-refractivity contribution in [1.82, 2.24) is 20.0 Å². The predicted octanol–water partition coefficient (Wildman–Crippen LogP) is 1.69. The van der Waals surface area contributed by atoms with Gasteiger partial charge in [0.2, 0.25) is 0 Å². The second-order valence-corrected chi connectivity index (χ2v) is 7.09. The zero-order valence-corrected chi connectivity index (χ0v) is 13.5. The summed E-state index contributed by atoms with van der Waals surface area (Å²) < 4.78 is 27.1. The van der Waals surface area contributed by atoms with E-state index < -0.39 is 10.0 Å². The fourth-order valence-corrected chi connectivity index (χ4v) is 3.59. The number of nitrogens with zero attached hydrogens (tertiary/aromatic N) is 2. The minimum Gasteiger partial charge on any atom is -0.313 e. The Hall–Kier alpha value is -1.35. The van der Waals surface area contributed by atoms with Crippen LogP contribution in [0, 0.1) is 0 Å². The lowest BCUT2D eigenvalue weighted by molar-refractivity contribution is 0.562. The van der Waals surface area contributed by atoms with E-state index in [9.17, 15) is 8.42 Å². The highest BCUT2D eigenvalue weighted by molar-refractivity contribution is 7.89. The lowest BCUT2D eigenvalue weighted by atomic mass is 10.3. The molecule has 2 aromatic rings. The number of nitrogens with one attached hydrogen (secondary N) is 2. The van der Waals surface area contributed by atoms with Gasteiger partial charge in [0.15, 0.2) is 5.03 Å². The van der Waals surface area contributed by atoms with Crippen molar-refractivity contribution in [2.24, 2.45) is 0 Å². The number of aromatic nitrogens is 2. The number of rotatable bonds is 7. The summed E-state index contributed by atoms with van der Waals surface area (Å²) in [5.41, 5.74) is 0.948. The maximum Gasteiger partial charge on any atom is 0.258 e. The van der Waals surface area contributed by atoms with Gasteiger partial charge in [0.1, 0.15) is 5.01 Å². The van der Waals surface area contributed by atoms with Crippen LogP contribution in [-0.2, 0) is 16.6 Å². The van der Waals surface area contributed by atoms with Gasteiger partial charge in [-0.05, 0) is 25.1 Å². The Morgan fingerprint density at radius 3 is 2.71 bits per heavy atom. The molecule has 2 N–H and O–H groups in total. The quantitative estimate of drug-likeness (QED) is 0.809. The fraction of sp³-hybridized carbons (Fsp3) is 0.385. The smallest absolute Gasteiger partial charge is 0.258 e. The molecule has 0 aliphatic rings. The van der Waals surface area contributed by atoms with Gasteiger partial charge in [0.05, 0.1) is 6.04 Å². The molecule has 0 aromatic carbocycles. The summed E-state index contributed by atoms with van der Waals surface area (Å²) in [7, 11) is -3.64. The number of hydrogen-bond acceptors (Lipinski definition) is 6. The van der Waals surface area contributed by atoms with Crippen molar-refractivity contribution < 1.29 is 8.42 Å². The molecule has 2 rings (SSSR count). The minimum atomic E-state index is -3.64. The SMILES string of the molecule is CCNCc1ccc(S(=O)(=O)NC(C)c2nccs2)nc1. The average molecular weight is 326 g/mol. The zero-order chi connectivity index (χ0) is 15.3. The highest BCUT2D eigenvalue weighted by Crippen LogP contribution is 2.17. The minimum absolute atomic E-state index is 0.0196. The Kier molecular flexibility index (Phi) is 5.40. The fourth-order valence-electron chi connectivity index (χ4n) is 1.74. The van der Waals surface area contributed by atoms with E-state index in [4.69, 9.17) is 0 Å². The molecule has 0 aliphatic carbocycles. The van der Waals surface area contributed by atoms with Gasteiger partial charge in [-0.3, -0.25) is 0 Å². The monoisotopic (exact) mass is 326 g/mol. The van der Waals surface area contributed by atoms with Crippen LogP contribution < -0.4 is 10.0 Å². The lowest BCUT2D eigenvalue weighted by Gasteiger charge is -2.11. The maximum absolute atomic E-state index is 12.3. The van der Waals surface area contributed by atoms with Gasteiger partial charge in [0, 0.05) is 24.3 Å². The summed E-state index contributed by atoms with van der Waals surface area (Å²) in [6.07, 6.45) is 3.23. The van der Waals surface area contributed by atoms with Gasteiger partial charge in [-0.2, -0.15) is 0 Å². The van der Waals surface area contributed by atoms with E-state index in [0.717, 1.165) is 17.1 Å². The first-order valence-electron chi connectivity index (χ1n) is 6.60. The molecule has 6 nitrogen and oxygen atoms in total. The molecule has 1 unspecified atom stereocenters. The van der Waals surface area contributed by atoms with Crippen molar-refractivity contribution in [2.45, 2.75) is 31.5 Å². The van der Waals surface area contributed by atoms with Crippen molar-refractivity contribution in [2.75, 3.05) is 6.54 Å². The molecule has 2 aromatic heterocycles. The Morgan fingerprint density at radius 2 is 2.14 bits per heavy atom. The van der Waals surface area contributed by atoms with Crippen LogP contribution in [0.5, 0.6) is 0 Å². The van der Waals surface area contributed by atoms with E-state index in [1.807, 2.05) is 12.3 Å². The molecular formula is C13H18N4O2S2. The molecule has 114 valence electrons. The van der Waals surface area contributed by atoms with Gasteiger partial charge < -0.3 is 5.32 Å². The first kappa shape index (κ1) is 16.0. The molecule has 0 amide bonds. The Morgan fingerprint density at radius 1 is 1.33 bits per heavy atom. The summed E-state index contributed by atoms with van der Waals surface area (Å²) in [6, 6.07) is 2.90. The van der Waals surface area contributed by atoms with Crippen molar-refractivity contribution in [1.29, 1.82) is 0 Å². The third-order valence-corrected chi connectivity index (χ3v) is 5.22. The van der Waals surface area contributed by atoms with Gasteiger partial charge in [-0.25, -0.2) is 23.1 Å². The maximum atomic E-state index is 12.3. The van der Waals surface area contributed by atoms with E-state index in [1.165, 1.54) is 17.4 Å². The molecule has 0 saturated carbocycles. The van der Waals surface area contributed by atoms with Crippen molar-refractivity contribution in [3.05, 3.63) is 40.5 Å². The van der Waals surface area contributed by atoms with E-state index in [2.05, 4.69) is 20.0 Å². The molecule has 0 aliphatic heterocycles. The molecular weight excluding hydrogens is 308 g/mol. The standard InChI is InChI=1S/C13H18N4O2S2/c1-3-14-8-11-4-5-12(16-9-11)21(18,19)17-10(2)13-15-6-7-20-13/h4-7,9-10,14,17H,3,8H2,1-2H3. The molecule has 0 spiro atoms. The van der Waals surface area contributed by atoms with Crippen LogP contribution in [0.25, 0.3) is 0 Å². The molecule has 0 saturated heterocycles. The second kappa shape index (κ2) is 7.08. The number of pyridine rings is 1. The second-order valence-electron chi connectivity index (χ2n) is 4.50. The van der Waals surface area contributed by atoms with Crippen molar-refractivity contribution in [3.63, 3.8) is 0 Å². The van der Waals surface area contributed by atoms with Crippen molar-refractivity contribution >= 4 is 21.4 Å². The third-order valence-electron chi connectivity index (χ3n) is 2.81. The Bertz CT molecular complexity index is 654. The summed E-state index contributed by atoms with van der Waals surface area (Å²) in [5.74, 6) is 0. The van der Waals surface area contributed by atoms with Gasteiger partial charge >= 0.3 is 0 Å². The van der Waals surface area contributed by atoms with Crippen LogP contribution in [0.1, 0.15) is 30.5 Å². The average Bonchev–Trinajstić information content (AvgIpc) is 2.99. The van der Waals surface area contributed by atoms with E-state index >= 15 is 0 Å². The zero-order valence-electron chi connectivity index (χ0n) is 11.9. The topological polar surface area (TPSA) is 84.0 Å². The van der Waals surface area contributed by atoms with E-state index in [0.29, 0.717) is 6.54 Å². The van der Waals surface area contributed by atoms with Gasteiger partial charge in [0.25, 0.3) is 10.0 Å². The Labute approximate surface area is 128 Å². The summed E-state index contributed by atoms with van der Waals surface area (Å²) in [6.45, 7) is 5.30. The molecule has 0 bridgehead atoms. The summed E-state index contributed by atoms with van der Waals surface area (Å²) >= 11 is 1.41. The van der Waals surface area contributed by atoms with E-state index in [1.54, 1.807) is 25.4 Å². The lowest BCUT2D eigenvalue weighted by Crippen LogP contribution is -2.27. The predicted molar refractivity (Wildman–Crippen MR) is 82.5 cm³/mol. The number of hydrogen-bond donors (Lipinski definition) is 2. The van der Waals surface area contributed by atoms with Gasteiger partial charge in [-0.15, -0.1) is 11.3 Å². The third kappa shape index (κ3) is 4.31. The molecule has 0 fully saturated rings. The molecule has 0 radical (unpaired) electrons. The van der Waals surface area contributed by atoms with Crippen LogP contribution in [0.3, 0.4) is 0 Å². The van der Waals surface area contributed by atoms with Crippen LogP contribution in [0.4, 0.5) is 0 Å². The highest BCUT2D eigenvalue weighted by Gasteiger charge is 2.20. The van der Waals surface area contributed by atoms with E-state index in [-0.39, 0.29) is 11.1 Å². The summed E-state index contributed by atoms with van der Waals surface area (Å²) in [5, 5.41) is 5.72. The molecule has 8 heteroatoms. The van der Waals surface area contributed by atoms with Crippen LogP contribution in [0.15, 0.2) is 34.9 Å². The first-order valence-corrected chi connectivity index (χ1v) is 8.96. The van der Waals surface area contributed by atoms with Crippen LogP contribution >= 0.6 is 11.3 Å². The molecule has 2 heterocycles. The van der Waals surface area contributed by atoms with Gasteiger partial charge in [-0.1, -0.05) is 13.0 Å².